The van der Waals surface area contributed by atoms with Crippen molar-refractivity contribution in [3.05, 3.63) is 0 Å². The lowest BCUT2D eigenvalue weighted by Crippen LogP contribution is -2.37. The molecule has 7 heteroatoms. The van der Waals surface area contributed by atoms with Gasteiger partial charge in [0.15, 0.2) is 0 Å². The average Bonchev–Trinajstić information content (AvgIpc) is 2.24. The summed E-state index contributed by atoms with van der Waals surface area (Å²) in [5.41, 5.74) is 0. The fraction of sp³-hybridized carbons (Fsp3) is 1.00. The molecular formula is C9H22N2O4S. The van der Waals surface area contributed by atoms with Crippen LogP contribution in [-0.2, 0) is 19.5 Å². The van der Waals surface area contributed by atoms with Crippen LogP contribution in [0.4, 0.5) is 0 Å². The summed E-state index contributed by atoms with van der Waals surface area (Å²) in [6.07, 6.45) is 0.345. The number of methoxy groups -OCH3 is 2. The number of ether oxygens (including phenoxy) is 2. The highest BCUT2D eigenvalue weighted by Crippen LogP contribution is 1.93. The van der Waals surface area contributed by atoms with Crippen molar-refractivity contribution in [3.63, 3.8) is 0 Å². The third-order valence-electron chi connectivity index (χ3n) is 2.06. The van der Waals surface area contributed by atoms with Gasteiger partial charge in [-0.1, -0.05) is 0 Å². The molecular weight excluding hydrogens is 232 g/mol. The molecule has 98 valence electrons. The van der Waals surface area contributed by atoms with Gasteiger partial charge in [-0.05, 0) is 20.0 Å². The van der Waals surface area contributed by atoms with Gasteiger partial charge in [-0.25, -0.2) is 13.1 Å². The molecule has 0 bridgehead atoms. The van der Waals surface area contributed by atoms with Crippen molar-refractivity contribution in [2.24, 2.45) is 0 Å². The summed E-state index contributed by atoms with van der Waals surface area (Å²) in [5.74, 6) is 0.122. The van der Waals surface area contributed by atoms with Crippen molar-refractivity contribution >= 4 is 10.0 Å². The highest BCUT2D eigenvalue weighted by atomic mass is 32.2. The standard InChI is InChI=1S/C9H22N2O4S/c1-10-5-4-6-16(12,13)11-7-9(15-3)8-14-2/h9-11H,4-8H2,1-3H3. The van der Waals surface area contributed by atoms with Crippen LogP contribution in [0.2, 0.25) is 0 Å². The van der Waals surface area contributed by atoms with Gasteiger partial charge in [0.05, 0.1) is 18.5 Å². The van der Waals surface area contributed by atoms with E-state index in [4.69, 9.17) is 9.47 Å². The molecule has 0 heterocycles. The van der Waals surface area contributed by atoms with E-state index in [0.717, 1.165) is 0 Å². The molecule has 0 aliphatic heterocycles. The Morgan fingerprint density at radius 2 is 2.00 bits per heavy atom. The molecule has 0 aromatic heterocycles. The Balaban J connectivity index is 3.87. The largest absolute Gasteiger partial charge is 0.382 e. The van der Waals surface area contributed by atoms with Gasteiger partial charge in [0.2, 0.25) is 10.0 Å². The summed E-state index contributed by atoms with van der Waals surface area (Å²) >= 11 is 0. The predicted molar refractivity (Wildman–Crippen MR) is 63.0 cm³/mol. The monoisotopic (exact) mass is 254 g/mol. The van der Waals surface area contributed by atoms with Crippen molar-refractivity contribution in [1.29, 1.82) is 0 Å². The lowest BCUT2D eigenvalue weighted by Gasteiger charge is -2.15. The Labute approximate surface area is 97.7 Å². The molecule has 0 fully saturated rings. The van der Waals surface area contributed by atoms with Crippen LogP contribution < -0.4 is 10.0 Å². The number of sulfonamides is 1. The van der Waals surface area contributed by atoms with Crippen molar-refractivity contribution in [1.82, 2.24) is 10.0 Å². The van der Waals surface area contributed by atoms with Crippen LogP contribution in [0.3, 0.4) is 0 Å². The van der Waals surface area contributed by atoms with E-state index in [2.05, 4.69) is 10.0 Å². The summed E-state index contributed by atoms with van der Waals surface area (Å²) in [5, 5.41) is 2.90. The average molecular weight is 254 g/mol. The molecule has 0 spiro atoms. The summed E-state index contributed by atoms with van der Waals surface area (Å²) in [4.78, 5) is 0. The first kappa shape index (κ1) is 15.8. The normalized spacial score (nSPS) is 13.9. The summed E-state index contributed by atoms with van der Waals surface area (Å²) < 4.78 is 35.4. The molecule has 0 radical (unpaired) electrons. The second-order valence-corrected chi connectivity index (χ2v) is 5.36. The van der Waals surface area contributed by atoms with Crippen LogP contribution in [0.1, 0.15) is 6.42 Å². The van der Waals surface area contributed by atoms with E-state index in [0.29, 0.717) is 19.6 Å². The molecule has 0 aromatic rings. The Morgan fingerprint density at radius 1 is 1.31 bits per heavy atom. The summed E-state index contributed by atoms with van der Waals surface area (Å²) in [6.45, 7) is 1.30. The molecule has 0 amide bonds. The van der Waals surface area contributed by atoms with E-state index in [-0.39, 0.29) is 18.4 Å². The number of nitrogens with one attached hydrogen (secondary N) is 2. The number of hydrogen-bond donors (Lipinski definition) is 2. The van der Waals surface area contributed by atoms with Crippen molar-refractivity contribution < 1.29 is 17.9 Å². The molecule has 0 saturated carbocycles. The number of rotatable bonds is 10. The molecule has 0 saturated heterocycles. The first-order chi connectivity index (χ1) is 7.55. The molecule has 0 aromatic carbocycles. The molecule has 6 nitrogen and oxygen atoms in total. The first-order valence-electron chi connectivity index (χ1n) is 5.19. The second kappa shape index (κ2) is 8.89. The van der Waals surface area contributed by atoms with E-state index in [1.807, 2.05) is 0 Å². The minimum Gasteiger partial charge on any atom is -0.382 e. The third-order valence-corrected chi connectivity index (χ3v) is 3.49. The van der Waals surface area contributed by atoms with Crippen LogP contribution in [0.15, 0.2) is 0 Å². The molecule has 1 unspecified atom stereocenters. The molecule has 2 N–H and O–H groups in total. The van der Waals surface area contributed by atoms with Gasteiger partial charge in [-0.2, -0.15) is 0 Å². The first-order valence-corrected chi connectivity index (χ1v) is 6.84. The fourth-order valence-corrected chi connectivity index (χ4v) is 2.24. The summed E-state index contributed by atoms with van der Waals surface area (Å²) in [7, 11) is 1.66. The third kappa shape index (κ3) is 8.00. The zero-order chi connectivity index (χ0) is 12.4. The lowest BCUT2D eigenvalue weighted by molar-refractivity contribution is 0.0320. The van der Waals surface area contributed by atoms with Crippen molar-refractivity contribution in [2.75, 3.05) is 46.7 Å². The van der Waals surface area contributed by atoms with Gasteiger partial charge < -0.3 is 14.8 Å². The van der Waals surface area contributed by atoms with Gasteiger partial charge >= 0.3 is 0 Å². The van der Waals surface area contributed by atoms with Crippen LogP contribution >= 0.6 is 0 Å². The van der Waals surface area contributed by atoms with E-state index in [1.54, 1.807) is 14.2 Å². The Morgan fingerprint density at radius 3 is 2.50 bits per heavy atom. The molecule has 0 aliphatic rings. The van der Waals surface area contributed by atoms with E-state index in [1.165, 1.54) is 7.11 Å². The Bertz CT molecular complexity index is 256. The maximum absolute atomic E-state index is 11.5. The molecule has 0 aliphatic carbocycles. The Hall–Kier alpha value is -0.210. The minimum atomic E-state index is -3.20. The lowest BCUT2D eigenvalue weighted by atomic mass is 10.4. The zero-order valence-electron chi connectivity index (χ0n) is 10.2. The van der Waals surface area contributed by atoms with E-state index in [9.17, 15) is 8.42 Å². The van der Waals surface area contributed by atoms with E-state index >= 15 is 0 Å². The Kier molecular flexibility index (Phi) is 8.77. The highest BCUT2D eigenvalue weighted by molar-refractivity contribution is 7.89. The van der Waals surface area contributed by atoms with Crippen LogP contribution in [0.25, 0.3) is 0 Å². The molecule has 1 atom stereocenters. The van der Waals surface area contributed by atoms with Crippen molar-refractivity contribution in [3.8, 4) is 0 Å². The zero-order valence-corrected chi connectivity index (χ0v) is 11.0. The van der Waals surface area contributed by atoms with E-state index < -0.39 is 10.0 Å². The van der Waals surface area contributed by atoms with Crippen LogP contribution in [0, 0.1) is 0 Å². The quantitative estimate of drug-likeness (QED) is 0.498. The fourth-order valence-electron chi connectivity index (χ4n) is 1.13. The maximum Gasteiger partial charge on any atom is 0.211 e. The van der Waals surface area contributed by atoms with Crippen LogP contribution in [-0.4, -0.2) is 61.2 Å². The number of hydrogen-bond acceptors (Lipinski definition) is 5. The smallest absolute Gasteiger partial charge is 0.211 e. The second-order valence-electron chi connectivity index (χ2n) is 3.44. The van der Waals surface area contributed by atoms with Gasteiger partial charge in [-0.3, -0.25) is 0 Å². The molecule has 16 heavy (non-hydrogen) atoms. The van der Waals surface area contributed by atoms with Gasteiger partial charge in [0.25, 0.3) is 0 Å². The topological polar surface area (TPSA) is 76.7 Å². The highest BCUT2D eigenvalue weighted by Gasteiger charge is 2.13. The predicted octanol–water partition coefficient (Wildman–Crippen LogP) is -0.823. The summed E-state index contributed by atoms with van der Waals surface area (Å²) in [6, 6.07) is 0. The maximum atomic E-state index is 11.5. The van der Waals surface area contributed by atoms with Gasteiger partial charge in [0.1, 0.15) is 0 Å². The molecule has 0 rings (SSSR count). The minimum absolute atomic E-state index is 0.122. The van der Waals surface area contributed by atoms with Crippen LogP contribution in [0.5, 0.6) is 0 Å². The van der Waals surface area contributed by atoms with Gasteiger partial charge in [0, 0.05) is 20.8 Å². The SMILES string of the molecule is CNCCCS(=O)(=O)NCC(COC)OC. The van der Waals surface area contributed by atoms with Crippen molar-refractivity contribution in [2.45, 2.75) is 12.5 Å². The van der Waals surface area contributed by atoms with Gasteiger partial charge in [-0.15, -0.1) is 0 Å².